The lowest BCUT2D eigenvalue weighted by atomic mass is 9.80. The van der Waals surface area contributed by atoms with E-state index in [1.807, 2.05) is 4.90 Å². The van der Waals surface area contributed by atoms with Crippen LogP contribution in [0.3, 0.4) is 0 Å². The summed E-state index contributed by atoms with van der Waals surface area (Å²) in [6, 6.07) is 0. The van der Waals surface area contributed by atoms with Crippen LogP contribution in [-0.2, 0) is 14.4 Å². The van der Waals surface area contributed by atoms with E-state index in [0.29, 0.717) is 38.0 Å². The van der Waals surface area contributed by atoms with Crippen LogP contribution in [0.2, 0.25) is 0 Å². The second kappa shape index (κ2) is 8.40. The average Bonchev–Trinajstić information content (AvgIpc) is 2.67. The zero-order chi connectivity index (χ0) is 18.7. The van der Waals surface area contributed by atoms with Crippen molar-refractivity contribution in [2.75, 3.05) is 39.3 Å². The van der Waals surface area contributed by atoms with Gasteiger partial charge in [-0.05, 0) is 44.4 Å². The van der Waals surface area contributed by atoms with Crippen LogP contribution in [0.4, 0.5) is 0 Å². The molecule has 6 nitrogen and oxygen atoms in total. The van der Waals surface area contributed by atoms with Crippen molar-refractivity contribution < 1.29 is 14.4 Å². The summed E-state index contributed by atoms with van der Waals surface area (Å²) in [6.45, 7) is 8.18. The van der Waals surface area contributed by atoms with E-state index in [0.717, 1.165) is 45.2 Å². The summed E-state index contributed by atoms with van der Waals surface area (Å²) in [5.41, 5.74) is 0. The van der Waals surface area contributed by atoms with Crippen molar-refractivity contribution in [3.8, 4) is 0 Å². The van der Waals surface area contributed by atoms with E-state index >= 15 is 0 Å². The number of nitrogens with zero attached hydrogens (tertiary/aromatic N) is 3. The minimum absolute atomic E-state index is 0.0585. The van der Waals surface area contributed by atoms with Gasteiger partial charge >= 0.3 is 0 Å². The van der Waals surface area contributed by atoms with Gasteiger partial charge in [-0.15, -0.1) is 0 Å². The summed E-state index contributed by atoms with van der Waals surface area (Å²) in [7, 11) is 0. The Balaban J connectivity index is 1.45. The molecule has 3 aliphatic rings. The molecule has 6 heteroatoms. The third-order valence-electron chi connectivity index (χ3n) is 6.43. The molecule has 146 valence electrons. The molecule has 2 heterocycles. The fourth-order valence-corrected chi connectivity index (χ4v) is 4.74. The van der Waals surface area contributed by atoms with E-state index in [1.165, 1.54) is 6.42 Å². The second-order valence-corrected chi connectivity index (χ2v) is 8.41. The highest BCUT2D eigenvalue weighted by atomic mass is 16.2. The Labute approximate surface area is 156 Å². The van der Waals surface area contributed by atoms with Gasteiger partial charge in [0.15, 0.2) is 0 Å². The van der Waals surface area contributed by atoms with Gasteiger partial charge in [0.1, 0.15) is 0 Å². The SMILES string of the molecule is CC(=O)N1CCN(C(=O)C2CCC(C(=O)N3CCCC(C)C3)CC2)CC1. The van der Waals surface area contributed by atoms with Crippen LogP contribution < -0.4 is 0 Å². The summed E-state index contributed by atoms with van der Waals surface area (Å²) in [5, 5.41) is 0. The number of piperazine rings is 1. The predicted molar refractivity (Wildman–Crippen MR) is 99.3 cm³/mol. The molecule has 0 aromatic rings. The van der Waals surface area contributed by atoms with E-state index in [4.69, 9.17) is 0 Å². The van der Waals surface area contributed by atoms with Crippen molar-refractivity contribution in [2.45, 2.75) is 52.4 Å². The lowest BCUT2D eigenvalue weighted by Gasteiger charge is -2.38. The Morgan fingerprint density at radius 1 is 0.692 bits per heavy atom. The highest BCUT2D eigenvalue weighted by molar-refractivity contribution is 5.81. The van der Waals surface area contributed by atoms with Crippen LogP contribution in [0.15, 0.2) is 0 Å². The maximum Gasteiger partial charge on any atom is 0.225 e. The summed E-state index contributed by atoms with van der Waals surface area (Å²) in [5.74, 6) is 1.41. The fraction of sp³-hybridized carbons (Fsp3) is 0.850. The zero-order valence-corrected chi connectivity index (χ0v) is 16.3. The van der Waals surface area contributed by atoms with E-state index in [2.05, 4.69) is 11.8 Å². The first-order valence-corrected chi connectivity index (χ1v) is 10.3. The number of hydrogen-bond acceptors (Lipinski definition) is 3. The number of likely N-dealkylation sites (tertiary alicyclic amines) is 1. The van der Waals surface area contributed by atoms with Crippen molar-refractivity contribution in [1.82, 2.24) is 14.7 Å². The molecule has 1 atom stereocenters. The molecule has 0 N–H and O–H groups in total. The van der Waals surface area contributed by atoms with Gasteiger partial charge in [-0.1, -0.05) is 6.92 Å². The molecule has 0 bridgehead atoms. The molecule has 0 aromatic carbocycles. The minimum Gasteiger partial charge on any atom is -0.342 e. The van der Waals surface area contributed by atoms with Crippen LogP contribution >= 0.6 is 0 Å². The highest BCUT2D eigenvalue weighted by Crippen LogP contribution is 2.32. The fourth-order valence-electron chi connectivity index (χ4n) is 4.74. The molecule has 3 fully saturated rings. The largest absolute Gasteiger partial charge is 0.342 e. The number of carbonyl (C=O) groups is 3. The number of carbonyl (C=O) groups excluding carboxylic acids is 3. The third-order valence-corrected chi connectivity index (χ3v) is 6.43. The van der Waals surface area contributed by atoms with Crippen LogP contribution in [0, 0.1) is 17.8 Å². The molecule has 2 saturated heterocycles. The first-order valence-electron chi connectivity index (χ1n) is 10.3. The monoisotopic (exact) mass is 363 g/mol. The molecule has 2 aliphatic heterocycles. The lowest BCUT2D eigenvalue weighted by molar-refractivity contribution is -0.144. The Hall–Kier alpha value is -1.59. The number of hydrogen-bond donors (Lipinski definition) is 0. The first kappa shape index (κ1) is 19.2. The standard InChI is InChI=1S/C20H33N3O3/c1-15-4-3-9-23(14-15)20(26)18-7-5-17(6-8-18)19(25)22-12-10-21(11-13-22)16(2)24/h15,17-18H,3-14H2,1-2H3. The smallest absolute Gasteiger partial charge is 0.225 e. The molecular weight excluding hydrogens is 330 g/mol. The zero-order valence-electron chi connectivity index (χ0n) is 16.3. The summed E-state index contributed by atoms with van der Waals surface area (Å²) in [4.78, 5) is 42.7. The van der Waals surface area contributed by atoms with Gasteiger partial charge in [0.2, 0.25) is 17.7 Å². The van der Waals surface area contributed by atoms with Gasteiger partial charge in [0.05, 0.1) is 0 Å². The van der Waals surface area contributed by atoms with E-state index in [1.54, 1.807) is 11.8 Å². The lowest BCUT2D eigenvalue weighted by Crippen LogP contribution is -2.52. The highest BCUT2D eigenvalue weighted by Gasteiger charge is 2.35. The topological polar surface area (TPSA) is 60.9 Å². The molecule has 0 radical (unpaired) electrons. The van der Waals surface area contributed by atoms with E-state index < -0.39 is 0 Å². The average molecular weight is 364 g/mol. The van der Waals surface area contributed by atoms with E-state index in [-0.39, 0.29) is 23.7 Å². The van der Waals surface area contributed by atoms with Crippen molar-refractivity contribution in [3.05, 3.63) is 0 Å². The molecule has 0 aromatic heterocycles. The number of piperidine rings is 1. The van der Waals surface area contributed by atoms with Crippen molar-refractivity contribution >= 4 is 17.7 Å². The maximum absolute atomic E-state index is 12.8. The van der Waals surface area contributed by atoms with Crippen LogP contribution in [0.1, 0.15) is 52.4 Å². The van der Waals surface area contributed by atoms with Crippen LogP contribution in [0.25, 0.3) is 0 Å². The predicted octanol–water partition coefficient (Wildman–Crippen LogP) is 1.74. The third kappa shape index (κ3) is 4.38. The van der Waals surface area contributed by atoms with Gasteiger partial charge in [-0.25, -0.2) is 0 Å². The van der Waals surface area contributed by atoms with Crippen molar-refractivity contribution in [3.63, 3.8) is 0 Å². The van der Waals surface area contributed by atoms with Gasteiger partial charge < -0.3 is 14.7 Å². The molecule has 0 spiro atoms. The molecule has 26 heavy (non-hydrogen) atoms. The van der Waals surface area contributed by atoms with E-state index in [9.17, 15) is 14.4 Å². The Morgan fingerprint density at radius 2 is 1.19 bits per heavy atom. The molecule has 3 rings (SSSR count). The first-order chi connectivity index (χ1) is 12.5. The molecular formula is C20H33N3O3. The number of amides is 3. The van der Waals surface area contributed by atoms with Gasteiger partial charge in [-0.2, -0.15) is 0 Å². The second-order valence-electron chi connectivity index (χ2n) is 8.41. The summed E-state index contributed by atoms with van der Waals surface area (Å²) in [6.07, 6.45) is 5.67. The van der Waals surface area contributed by atoms with Gasteiger partial charge in [-0.3, -0.25) is 14.4 Å². The van der Waals surface area contributed by atoms with Gasteiger partial charge in [0.25, 0.3) is 0 Å². The maximum atomic E-state index is 12.8. The van der Waals surface area contributed by atoms with Crippen LogP contribution in [0.5, 0.6) is 0 Å². The quantitative estimate of drug-likeness (QED) is 0.751. The van der Waals surface area contributed by atoms with Crippen molar-refractivity contribution in [2.24, 2.45) is 17.8 Å². The summed E-state index contributed by atoms with van der Waals surface area (Å²) < 4.78 is 0. The molecule has 3 amide bonds. The Bertz CT molecular complexity index is 534. The Kier molecular flexibility index (Phi) is 6.20. The van der Waals surface area contributed by atoms with Gasteiger partial charge in [0, 0.05) is 58.0 Å². The molecule has 1 unspecified atom stereocenters. The van der Waals surface area contributed by atoms with Crippen molar-refractivity contribution in [1.29, 1.82) is 0 Å². The molecule has 1 saturated carbocycles. The number of rotatable bonds is 2. The minimum atomic E-state index is 0.0585. The molecule has 1 aliphatic carbocycles. The normalized spacial score (nSPS) is 30.2. The van der Waals surface area contributed by atoms with Crippen LogP contribution in [-0.4, -0.2) is 71.7 Å². The summed E-state index contributed by atoms with van der Waals surface area (Å²) >= 11 is 0. The Morgan fingerprint density at radius 3 is 1.69 bits per heavy atom.